The number of anilines is 2. The third kappa shape index (κ3) is 5.64. The Morgan fingerprint density at radius 1 is 0.786 bits per heavy atom. The molecule has 0 amide bonds. The molecular weight excluding hydrogens is 520 g/mol. The summed E-state index contributed by atoms with van der Waals surface area (Å²) >= 11 is 0. The summed E-state index contributed by atoms with van der Waals surface area (Å²) in [4.78, 5) is 14.0. The third-order valence-electron chi connectivity index (χ3n) is 8.32. The van der Waals surface area contributed by atoms with Gasteiger partial charge in [-0.25, -0.2) is 0 Å². The number of hydrogen-bond donors (Lipinski definition) is 2. The van der Waals surface area contributed by atoms with Gasteiger partial charge in [0, 0.05) is 17.7 Å². The molecule has 4 aromatic carbocycles. The number of ether oxygens (including phenoxy) is 2. The van der Waals surface area contributed by atoms with E-state index in [9.17, 15) is 4.79 Å². The molecule has 0 spiro atoms. The number of para-hydroxylation sites is 2. The van der Waals surface area contributed by atoms with Gasteiger partial charge in [0.25, 0.3) is 0 Å². The van der Waals surface area contributed by atoms with Crippen molar-refractivity contribution in [3.8, 4) is 11.5 Å². The van der Waals surface area contributed by atoms with Crippen LogP contribution in [0, 0.1) is 0 Å². The van der Waals surface area contributed by atoms with Crippen LogP contribution in [0.15, 0.2) is 108 Å². The highest BCUT2D eigenvalue weighted by atomic mass is 16.5. The van der Waals surface area contributed by atoms with Crippen molar-refractivity contribution in [3.05, 3.63) is 131 Å². The first kappa shape index (κ1) is 27.6. The zero-order valence-corrected chi connectivity index (χ0v) is 24.7. The fourth-order valence-corrected chi connectivity index (χ4v) is 5.95. The predicted molar refractivity (Wildman–Crippen MR) is 169 cm³/mol. The van der Waals surface area contributed by atoms with Gasteiger partial charge >= 0.3 is 0 Å². The molecule has 2 aliphatic rings. The number of rotatable bonds is 6. The van der Waals surface area contributed by atoms with Crippen LogP contribution in [0.4, 0.5) is 11.4 Å². The van der Waals surface area contributed by atoms with Gasteiger partial charge in [-0.15, -0.1) is 0 Å². The number of benzene rings is 4. The molecule has 5 nitrogen and oxygen atoms in total. The molecule has 0 saturated heterocycles. The number of carbonyl (C=O) groups is 1. The second kappa shape index (κ2) is 11.4. The number of methoxy groups -OCH3 is 1. The fourth-order valence-electron chi connectivity index (χ4n) is 5.95. The van der Waals surface area contributed by atoms with Crippen LogP contribution in [0.2, 0.25) is 0 Å². The van der Waals surface area contributed by atoms with E-state index in [4.69, 9.17) is 9.47 Å². The molecule has 0 aromatic heterocycles. The van der Waals surface area contributed by atoms with Crippen molar-refractivity contribution in [1.29, 1.82) is 0 Å². The standard InChI is InChI=1S/C37H38N2O3/c1-37(2,3)28-17-14-25(15-18-28)27-20-31-35(32(40)21-27)36(39-30-13-9-8-12-29(30)38-31)26-16-19-33(34(22-26)41-4)42-23-24-10-6-5-7-11-24/h5-19,22,27,36,38-39H,20-21,23H2,1-4H3. The van der Waals surface area contributed by atoms with E-state index in [0.29, 0.717) is 24.5 Å². The fraction of sp³-hybridized carbons (Fsp3) is 0.270. The van der Waals surface area contributed by atoms with Gasteiger partial charge in [-0.1, -0.05) is 93.6 Å². The summed E-state index contributed by atoms with van der Waals surface area (Å²) in [5, 5.41) is 7.32. The first-order valence-electron chi connectivity index (χ1n) is 14.6. The molecule has 42 heavy (non-hydrogen) atoms. The molecule has 2 atom stereocenters. The largest absolute Gasteiger partial charge is 0.493 e. The SMILES string of the molecule is COc1cc(C2Nc3ccccc3NC3=C2C(=O)CC(c2ccc(C(C)(C)C)cc2)C3)ccc1OCc1ccccc1. The lowest BCUT2D eigenvalue weighted by atomic mass is 9.77. The normalized spacial score (nSPS) is 18.2. The minimum atomic E-state index is -0.329. The number of carbonyl (C=O) groups excluding carboxylic acids is 1. The summed E-state index contributed by atoms with van der Waals surface area (Å²) in [6.45, 7) is 7.11. The molecule has 1 heterocycles. The topological polar surface area (TPSA) is 59.6 Å². The molecule has 1 aliphatic heterocycles. The van der Waals surface area contributed by atoms with Gasteiger partial charge in [-0.05, 0) is 64.3 Å². The van der Waals surface area contributed by atoms with Crippen molar-refractivity contribution < 1.29 is 14.3 Å². The zero-order chi connectivity index (χ0) is 29.3. The Kier molecular flexibility index (Phi) is 7.51. The van der Waals surface area contributed by atoms with E-state index in [1.54, 1.807) is 7.11 Å². The van der Waals surface area contributed by atoms with Crippen LogP contribution in [0.25, 0.3) is 0 Å². The first-order valence-corrected chi connectivity index (χ1v) is 14.6. The summed E-state index contributed by atoms with van der Waals surface area (Å²) in [5.41, 5.74) is 8.31. The lowest BCUT2D eigenvalue weighted by molar-refractivity contribution is -0.116. The average Bonchev–Trinajstić information content (AvgIpc) is 3.17. The molecular formula is C37H38N2O3. The van der Waals surface area contributed by atoms with Gasteiger partial charge in [0.15, 0.2) is 17.3 Å². The molecule has 0 saturated carbocycles. The lowest BCUT2D eigenvalue weighted by Gasteiger charge is -2.30. The maximum Gasteiger partial charge on any atom is 0.163 e. The molecule has 0 bridgehead atoms. The highest BCUT2D eigenvalue weighted by Gasteiger charge is 2.36. The van der Waals surface area contributed by atoms with Crippen LogP contribution in [-0.4, -0.2) is 12.9 Å². The summed E-state index contributed by atoms with van der Waals surface area (Å²) in [5.74, 6) is 1.58. The molecule has 2 N–H and O–H groups in total. The van der Waals surface area contributed by atoms with Crippen molar-refractivity contribution in [2.75, 3.05) is 17.7 Å². The maximum atomic E-state index is 14.0. The maximum absolute atomic E-state index is 14.0. The van der Waals surface area contributed by atoms with Crippen molar-refractivity contribution in [2.45, 2.75) is 57.6 Å². The third-order valence-corrected chi connectivity index (χ3v) is 8.32. The smallest absolute Gasteiger partial charge is 0.163 e. The summed E-state index contributed by atoms with van der Waals surface area (Å²) in [7, 11) is 1.65. The molecule has 0 radical (unpaired) electrons. The van der Waals surface area contributed by atoms with Crippen LogP contribution >= 0.6 is 0 Å². The van der Waals surface area contributed by atoms with E-state index in [2.05, 4.69) is 67.8 Å². The Balaban J connectivity index is 1.34. The van der Waals surface area contributed by atoms with Crippen molar-refractivity contribution in [1.82, 2.24) is 0 Å². The van der Waals surface area contributed by atoms with Gasteiger partial charge in [0.2, 0.25) is 0 Å². The van der Waals surface area contributed by atoms with Crippen molar-refractivity contribution in [3.63, 3.8) is 0 Å². The van der Waals surface area contributed by atoms with E-state index in [1.165, 1.54) is 11.1 Å². The molecule has 5 heteroatoms. The van der Waals surface area contributed by atoms with Crippen molar-refractivity contribution >= 4 is 17.2 Å². The number of hydrogen-bond acceptors (Lipinski definition) is 5. The van der Waals surface area contributed by atoms with Gasteiger partial charge in [0.05, 0.1) is 24.5 Å². The summed E-state index contributed by atoms with van der Waals surface area (Å²) in [6.07, 6.45) is 1.23. The summed E-state index contributed by atoms with van der Waals surface area (Å²) < 4.78 is 11.9. The van der Waals surface area contributed by atoms with Gasteiger partial charge in [0.1, 0.15) is 6.61 Å². The number of ketones is 1. The lowest BCUT2D eigenvalue weighted by Crippen LogP contribution is -2.27. The van der Waals surface area contributed by atoms with Crippen LogP contribution in [0.5, 0.6) is 11.5 Å². The highest BCUT2D eigenvalue weighted by molar-refractivity contribution is 6.01. The average molecular weight is 559 g/mol. The monoisotopic (exact) mass is 558 g/mol. The Morgan fingerprint density at radius 2 is 1.48 bits per heavy atom. The van der Waals surface area contributed by atoms with E-state index < -0.39 is 0 Å². The molecule has 214 valence electrons. The Hall–Kier alpha value is -4.51. The van der Waals surface area contributed by atoms with Crippen LogP contribution in [0.1, 0.15) is 67.8 Å². The molecule has 4 aromatic rings. The number of allylic oxidation sites excluding steroid dienone is 1. The summed E-state index contributed by atoms with van der Waals surface area (Å²) in [6, 6.07) is 32.6. The first-order chi connectivity index (χ1) is 20.3. The second-order valence-corrected chi connectivity index (χ2v) is 12.2. The zero-order valence-electron chi connectivity index (χ0n) is 24.7. The number of nitrogens with one attached hydrogen (secondary N) is 2. The Labute approximate surface area is 248 Å². The van der Waals surface area contributed by atoms with Gasteiger partial charge in [-0.3, -0.25) is 4.79 Å². The minimum absolute atomic E-state index is 0.0885. The molecule has 6 rings (SSSR count). The van der Waals surface area contributed by atoms with E-state index in [-0.39, 0.29) is 23.2 Å². The van der Waals surface area contributed by atoms with E-state index >= 15 is 0 Å². The Bertz CT molecular complexity index is 1620. The minimum Gasteiger partial charge on any atom is -0.493 e. The van der Waals surface area contributed by atoms with Crippen LogP contribution < -0.4 is 20.1 Å². The number of fused-ring (bicyclic) bond motifs is 1. The van der Waals surface area contributed by atoms with E-state index in [0.717, 1.165) is 40.2 Å². The molecule has 1 aliphatic carbocycles. The quantitative estimate of drug-likeness (QED) is 0.248. The second-order valence-electron chi connectivity index (χ2n) is 12.2. The predicted octanol–water partition coefficient (Wildman–Crippen LogP) is 8.55. The van der Waals surface area contributed by atoms with E-state index in [1.807, 2.05) is 60.7 Å². The van der Waals surface area contributed by atoms with Crippen molar-refractivity contribution in [2.24, 2.45) is 0 Å². The number of Topliss-reactive ketones (excluding diaryl/α,β-unsaturated/α-hetero) is 1. The Morgan fingerprint density at radius 3 is 2.19 bits per heavy atom. The van der Waals surface area contributed by atoms with Gasteiger partial charge in [-0.2, -0.15) is 0 Å². The van der Waals surface area contributed by atoms with Crippen LogP contribution in [0.3, 0.4) is 0 Å². The molecule has 0 fully saturated rings. The molecule has 2 unspecified atom stereocenters. The van der Waals surface area contributed by atoms with Gasteiger partial charge < -0.3 is 20.1 Å². The van der Waals surface area contributed by atoms with Crippen LogP contribution in [-0.2, 0) is 16.8 Å². The highest BCUT2D eigenvalue weighted by Crippen LogP contribution is 2.45.